The fourth-order valence-corrected chi connectivity index (χ4v) is 3.45. The molecule has 0 radical (unpaired) electrons. The third kappa shape index (κ3) is 10.9. The maximum Gasteiger partial charge on any atom is 0.408 e. The highest BCUT2D eigenvalue weighted by Gasteiger charge is 2.16. The second kappa shape index (κ2) is 13.2. The second-order valence-corrected chi connectivity index (χ2v) is 9.73. The maximum absolute atomic E-state index is 12.2. The van der Waals surface area contributed by atoms with Gasteiger partial charge in [0, 0.05) is 23.1 Å². The third-order valence-corrected chi connectivity index (χ3v) is 4.98. The van der Waals surface area contributed by atoms with Crippen molar-refractivity contribution in [1.82, 2.24) is 10.6 Å². The summed E-state index contributed by atoms with van der Waals surface area (Å²) in [5.41, 5.74) is 0.795. The van der Waals surface area contributed by atoms with E-state index in [4.69, 9.17) is 21.1 Å². The Bertz CT molecular complexity index is 1010. The topological polar surface area (TPSA) is 106 Å². The average molecular weight is 555 g/mol. The van der Waals surface area contributed by atoms with Crippen LogP contribution in [-0.4, -0.2) is 36.7 Å². The summed E-state index contributed by atoms with van der Waals surface area (Å²) in [6, 6.07) is 12.5. The van der Waals surface area contributed by atoms with Gasteiger partial charge in [-0.1, -0.05) is 39.7 Å². The molecule has 0 heterocycles. The molecule has 184 valence electrons. The number of anilines is 1. The van der Waals surface area contributed by atoms with Crippen molar-refractivity contribution < 1.29 is 23.9 Å². The molecule has 10 heteroatoms. The predicted octanol–water partition coefficient (Wildman–Crippen LogP) is 5.04. The zero-order chi connectivity index (χ0) is 25.1. The lowest BCUT2D eigenvalue weighted by molar-refractivity contribution is -0.120. The molecule has 34 heavy (non-hydrogen) atoms. The van der Waals surface area contributed by atoms with Crippen LogP contribution in [-0.2, 0) is 20.9 Å². The fraction of sp³-hybridized carbons (Fsp3) is 0.375. The number of ether oxygens (including phenoxy) is 2. The Morgan fingerprint density at radius 3 is 2.50 bits per heavy atom. The van der Waals surface area contributed by atoms with E-state index in [1.807, 2.05) is 12.1 Å². The lowest BCUT2D eigenvalue weighted by Gasteiger charge is -2.19. The van der Waals surface area contributed by atoms with Crippen molar-refractivity contribution in [3.63, 3.8) is 0 Å². The van der Waals surface area contributed by atoms with E-state index in [0.717, 1.165) is 10.0 Å². The van der Waals surface area contributed by atoms with Crippen molar-refractivity contribution >= 4 is 51.1 Å². The number of nitrogens with one attached hydrogen (secondary N) is 3. The summed E-state index contributed by atoms with van der Waals surface area (Å²) >= 11 is 9.45. The largest absolute Gasteiger partial charge is 0.492 e. The Balaban J connectivity index is 1.70. The Morgan fingerprint density at radius 1 is 1.03 bits per heavy atom. The average Bonchev–Trinajstić information content (AvgIpc) is 2.74. The monoisotopic (exact) mass is 553 g/mol. The molecule has 0 fully saturated rings. The SMILES string of the molecule is CC(C)(C)OC(=O)NCC(=O)NCc1cccc(NC(=O)CCCOc2ccc(Br)cc2Cl)c1. The van der Waals surface area contributed by atoms with Crippen LogP contribution in [0.25, 0.3) is 0 Å². The van der Waals surface area contributed by atoms with Crippen LogP contribution in [0, 0.1) is 0 Å². The fourth-order valence-electron chi connectivity index (χ4n) is 2.72. The molecule has 0 unspecified atom stereocenters. The summed E-state index contributed by atoms with van der Waals surface area (Å²) in [6.07, 6.45) is 0.155. The molecule has 8 nitrogen and oxygen atoms in total. The zero-order valence-electron chi connectivity index (χ0n) is 19.4. The summed E-state index contributed by atoms with van der Waals surface area (Å²) in [6.45, 7) is 5.64. The number of carbonyl (C=O) groups is 3. The molecule has 0 aromatic heterocycles. The van der Waals surface area contributed by atoms with Gasteiger partial charge in [0.1, 0.15) is 17.9 Å². The van der Waals surface area contributed by atoms with E-state index in [1.54, 1.807) is 51.1 Å². The molecular formula is C24H29BrClN3O5. The quantitative estimate of drug-likeness (QED) is 0.357. The van der Waals surface area contributed by atoms with E-state index in [9.17, 15) is 14.4 Å². The van der Waals surface area contributed by atoms with Crippen molar-refractivity contribution in [2.75, 3.05) is 18.5 Å². The third-order valence-electron chi connectivity index (χ3n) is 4.19. The summed E-state index contributed by atoms with van der Waals surface area (Å²) in [4.78, 5) is 35.8. The molecule has 0 aliphatic rings. The van der Waals surface area contributed by atoms with Crippen molar-refractivity contribution in [2.24, 2.45) is 0 Å². The van der Waals surface area contributed by atoms with Gasteiger partial charge in [0.05, 0.1) is 11.6 Å². The molecule has 0 spiro atoms. The normalized spacial score (nSPS) is 10.9. The minimum absolute atomic E-state index is 0.145. The molecule has 3 amide bonds. The summed E-state index contributed by atoms with van der Waals surface area (Å²) in [7, 11) is 0. The minimum atomic E-state index is -0.655. The molecule has 0 saturated heterocycles. The Labute approximate surface area is 212 Å². The van der Waals surface area contributed by atoms with Crippen LogP contribution in [0.1, 0.15) is 39.2 Å². The highest BCUT2D eigenvalue weighted by atomic mass is 79.9. The number of alkyl carbamates (subject to hydrolysis) is 1. The first-order chi connectivity index (χ1) is 16.0. The molecule has 0 saturated carbocycles. The molecular weight excluding hydrogens is 526 g/mol. The lowest BCUT2D eigenvalue weighted by Crippen LogP contribution is -2.39. The lowest BCUT2D eigenvalue weighted by atomic mass is 10.2. The van der Waals surface area contributed by atoms with Crippen LogP contribution < -0.4 is 20.7 Å². The van der Waals surface area contributed by atoms with Crippen molar-refractivity contribution in [3.05, 3.63) is 57.5 Å². The molecule has 2 aromatic carbocycles. The van der Waals surface area contributed by atoms with E-state index in [-0.39, 0.29) is 31.3 Å². The van der Waals surface area contributed by atoms with Crippen LogP contribution >= 0.6 is 27.5 Å². The highest BCUT2D eigenvalue weighted by molar-refractivity contribution is 9.10. The number of hydrogen-bond donors (Lipinski definition) is 3. The molecule has 0 bridgehead atoms. The van der Waals surface area contributed by atoms with Crippen LogP contribution in [0.3, 0.4) is 0 Å². The smallest absolute Gasteiger partial charge is 0.408 e. The molecule has 2 aromatic rings. The van der Waals surface area contributed by atoms with Gasteiger partial charge < -0.3 is 25.4 Å². The van der Waals surface area contributed by atoms with Crippen LogP contribution in [0.5, 0.6) is 5.75 Å². The van der Waals surface area contributed by atoms with Gasteiger partial charge in [0.15, 0.2) is 0 Å². The van der Waals surface area contributed by atoms with Gasteiger partial charge in [-0.2, -0.15) is 0 Å². The predicted molar refractivity (Wildman–Crippen MR) is 135 cm³/mol. The van der Waals surface area contributed by atoms with Gasteiger partial charge in [-0.3, -0.25) is 9.59 Å². The Kier molecular flexibility index (Phi) is 10.7. The number of benzene rings is 2. The maximum atomic E-state index is 12.2. The first kappa shape index (κ1) is 27.5. The number of halogens is 2. The van der Waals surface area contributed by atoms with Crippen LogP contribution in [0.15, 0.2) is 46.9 Å². The van der Waals surface area contributed by atoms with Gasteiger partial charge in [-0.05, 0) is 63.1 Å². The molecule has 3 N–H and O–H groups in total. The second-order valence-electron chi connectivity index (χ2n) is 8.41. The molecule has 2 rings (SSSR count). The summed E-state index contributed by atoms with van der Waals surface area (Å²) < 4.78 is 11.6. The van der Waals surface area contributed by atoms with E-state index >= 15 is 0 Å². The van der Waals surface area contributed by atoms with Crippen LogP contribution in [0.2, 0.25) is 5.02 Å². The standard InChI is InChI=1S/C24H29BrClN3O5/c1-24(2,3)34-23(32)28-15-22(31)27-14-16-6-4-7-18(12-16)29-21(30)8-5-11-33-20-10-9-17(25)13-19(20)26/h4,6-7,9-10,12-13H,5,8,11,14-15H2,1-3H3,(H,27,31)(H,28,32)(H,29,30). The number of amides is 3. The van der Waals surface area contributed by atoms with E-state index in [1.165, 1.54) is 0 Å². The van der Waals surface area contributed by atoms with Crippen molar-refractivity contribution in [2.45, 2.75) is 45.8 Å². The number of carbonyl (C=O) groups excluding carboxylic acids is 3. The Morgan fingerprint density at radius 2 is 1.79 bits per heavy atom. The van der Waals surface area contributed by atoms with E-state index < -0.39 is 11.7 Å². The van der Waals surface area contributed by atoms with Crippen LogP contribution in [0.4, 0.5) is 10.5 Å². The van der Waals surface area contributed by atoms with Gasteiger partial charge in [-0.25, -0.2) is 4.79 Å². The first-order valence-electron chi connectivity index (χ1n) is 10.7. The molecule has 0 aliphatic carbocycles. The van der Waals surface area contributed by atoms with E-state index in [0.29, 0.717) is 29.5 Å². The van der Waals surface area contributed by atoms with Crippen molar-refractivity contribution in [1.29, 1.82) is 0 Å². The number of rotatable bonds is 10. The summed E-state index contributed by atoms with van der Waals surface area (Å²) in [5.74, 6) is 0.0701. The van der Waals surface area contributed by atoms with Gasteiger partial charge in [0.2, 0.25) is 11.8 Å². The summed E-state index contributed by atoms with van der Waals surface area (Å²) in [5, 5.41) is 8.45. The van der Waals surface area contributed by atoms with E-state index in [2.05, 4.69) is 31.9 Å². The van der Waals surface area contributed by atoms with Gasteiger partial charge >= 0.3 is 6.09 Å². The van der Waals surface area contributed by atoms with Gasteiger partial charge in [0.25, 0.3) is 0 Å². The first-order valence-corrected chi connectivity index (χ1v) is 11.9. The number of hydrogen-bond acceptors (Lipinski definition) is 5. The minimum Gasteiger partial charge on any atom is -0.492 e. The van der Waals surface area contributed by atoms with Gasteiger partial charge in [-0.15, -0.1) is 0 Å². The molecule has 0 atom stereocenters. The Hall–Kier alpha value is -2.78. The zero-order valence-corrected chi connectivity index (χ0v) is 21.7. The highest BCUT2D eigenvalue weighted by Crippen LogP contribution is 2.27. The van der Waals surface area contributed by atoms with Crippen molar-refractivity contribution in [3.8, 4) is 5.75 Å². The molecule has 0 aliphatic heterocycles.